The van der Waals surface area contributed by atoms with Crippen LogP contribution in [0.25, 0.3) is 0 Å². The van der Waals surface area contributed by atoms with Crippen LogP contribution in [0.3, 0.4) is 0 Å². The normalized spacial score (nSPS) is 11.9. The molecule has 1 nitrogen and oxygen atoms in total. The molecular formula is C11H10BrClFNS. The van der Waals surface area contributed by atoms with E-state index >= 15 is 0 Å². The second-order valence-electron chi connectivity index (χ2n) is 3.20. The van der Waals surface area contributed by atoms with Gasteiger partial charge in [0.15, 0.2) is 0 Å². The van der Waals surface area contributed by atoms with Crippen molar-refractivity contribution in [3.05, 3.63) is 56.4 Å². The van der Waals surface area contributed by atoms with Crippen molar-refractivity contribution < 1.29 is 4.39 Å². The molecule has 0 aliphatic heterocycles. The zero-order chi connectivity index (χ0) is 10.8. The molecule has 0 aliphatic carbocycles. The first-order valence-electron chi connectivity index (χ1n) is 4.42. The third-order valence-electron chi connectivity index (χ3n) is 2.09. The van der Waals surface area contributed by atoms with Gasteiger partial charge in [0, 0.05) is 9.35 Å². The summed E-state index contributed by atoms with van der Waals surface area (Å²) in [6, 6.07) is 8.37. The lowest BCUT2D eigenvalue weighted by molar-refractivity contribution is 0.623. The zero-order valence-corrected chi connectivity index (χ0v) is 11.4. The van der Waals surface area contributed by atoms with E-state index in [-0.39, 0.29) is 24.3 Å². The molecule has 1 atom stereocenters. The smallest absolute Gasteiger partial charge is 0.124 e. The van der Waals surface area contributed by atoms with Gasteiger partial charge >= 0.3 is 0 Å². The van der Waals surface area contributed by atoms with Gasteiger partial charge in [0.1, 0.15) is 5.82 Å². The van der Waals surface area contributed by atoms with Crippen molar-refractivity contribution in [2.45, 2.75) is 6.04 Å². The van der Waals surface area contributed by atoms with Gasteiger partial charge in [-0.25, -0.2) is 4.39 Å². The molecule has 2 rings (SSSR count). The third kappa shape index (κ3) is 3.04. The highest BCUT2D eigenvalue weighted by molar-refractivity contribution is 9.10. The van der Waals surface area contributed by atoms with Crippen LogP contribution < -0.4 is 5.73 Å². The maximum Gasteiger partial charge on any atom is 0.124 e. The molecule has 0 radical (unpaired) electrons. The second-order valence-corrected chi connectivity index (χ2v) is 5.09. The van der Waals surface area contributed by atoms with E-state index in [2.05, 4.69) is 15.9 Å². The van der Waals surface area contributed by atoms with Gasteiger partial charge in [-0.1, -0.05) is 22.0 Å². The number of rotatable bonds is 2. The topological polar surface area (TPSA) is 26.0 Å². The number of hydrogen-bond acceptors (Lipinski definition) is 2. The summed E-state index contributed by atoms with van der Waals surface area (Å²) in [6.07, 6.45) is 0. The van der Waals surface area contributed by atoms with Crippen LogP contribution in [0, 0.1) is 5.82 Å². The lowest BCUT2D eigenvalue weighted by atomic mass is 10.1. The Balaban J connectivity index is 0.00000128. The molecule has 1 aromatic heterocycles. The van der Waals surface area contributed by atoms with Crippen molar-refractivity contribution in [2.24, 2.45) is 5.73 Å². The first-order valence-corrected chi connectivity index (χ1v) is 6.09. The van der Waals surface area contributed by atoms with E-state index in [9.17, 15) is 4.39 Å². The van der Waals surface area contributed by atoms with Crippen LogP contribution in [-0.2, 0) is 0 Å². The quantitative estimate of drug-likeness (QED) is 0.884. The minimum absolute atomic E-state index is 0. The average molecular weight is 323 g/mol. The van der Waals surface area contributed by atoms with Crippen LogP contribution in [0.4, 0.5) is 4.39 Å². The Labute approximate surface area is 112 Å². The molecule has 5 heteroatoms. The summed E-state index contributed by atoms with van der Waals surface area (Å²) in [5.74, 6) is -0.272. The van der Waals surface area contributed by atoms with Gasteiger partial charge in [0.05, 0.1) is 6.04 Å². The molecule has 0 unspecified atom stereocenters. The van der Waals surface area contributed by atoms with Crippen LogP contribution in [0.5, 0.6) is 0 Å². The predicted octanol–water partition coefficient (Wildman–Crippen LogP) is 4.12. The van der Waals surface area contributed by atoms with Gasteiger partial charge in [-0.2, -0.15) is 0 Å². The molecule has 0 fully saturated rings. The lowest BCUT2D eigenvalue weighted by Gasteiger charge is -2.10. The van der Waals surface area contributed by atoms with Crippen molar-refractivity contribution >= 4 is 39.7 Å². The van der Waals surface area contributed by atoms with Crippen molar-refractivity contribution in [1.29, 1.82) is 0 Å². The molecule has 1 aromatic carbocycles. The number of nitrogens with two attached hydrogens (primary N) is 1. The van der Waals surface area contributed by atoms with Crippen molar-refractivity contribution in [1.82, 2.24) is 0 Å². The van der Waals surface area contributed by atoms with Crippen molar-refractivity contribution in [3.8, 4) is 0 Å². The Bertz CT molecular complexity index is 441. The molecule has 0 amide bonds. The number of thiophene rings is 1. The fraction of sp³-hybridized carbons (Fsp3) is 0.0909. The molecule has 0 aliphatic rings. The maximum atomic E-state index is 13.1. The fourth-order valence-electron chi connectivity index (χ4n) is 1.39. The first-order chi connectivity index (χ1) is 7.16. The van der Waals surface area contributed by atoms with E-state index in [0.29, 0.717) is 4.47 Å². The highest BCUT2D eigenvalue weighted by Crippen LogP contribution is 2.26. The van der Waals surface area contributed by atoms with Crippen LogP contribution in [0.15, 0.2) is 40.2 Å². The zero-order valence-electron chi connectivity index (χ0n) is 8.19. The Hall–Kier alpha value is -0.420. The number of hydrogen-bond donors (Lipinski definition) is 1. The van der Waals surface area contributed by atoms with E-state index in [1.165, 1.54) is 12.1 Å². The summed E-state index contributed by atoms with van der Waals surface area (Å²) in [4.78, 5) is 1.03. The van der Waals surface area contributed by atoms with Crippen LogP contribution >= 0.6 is 39.7 Å². The Kier molecular flexibility index (Phi) is 4.92. The molecule has 1 heterocycles. The standard InChI is InChI=1S/C11H9BrFNS.ClH/c12-8-4-7(5-9(13)6-8)11(14)10-2-1-3-15-10;/h1-6,11H,14H2;1H/t11-;/m0./s1. The molecule has 0 saturated heterocycles. The summed E-state index contributed by atoms with van der Waals surface area (Å²) in [5, 5.41) is 1.96. The van der Waals surface area contributed by atoms with E-state index in [1.807, 2.05) is 23.6 Å². The fourth-order valence-corrected chi connectivity index (χ4v) is 2.62. The molecule has 86 valence electrons. The van der Waals surface area contributed by atoms with Gasteiger partial charge in [0.2, 0.25) is 0 Å². The van der Waals surface area contributed by atoms with Gasteiger partial charge in [-0.05, 0) is 35.2 Å². The summed E-state index contributed by atoms with van der Waals surface area (Å²) in [7, 11) is 0. The minimum atomic E-state index is -0.272. The monoisotopic (exact) mass is 321 g/mol. The van der Waals surface area contributed by atoms with E-state index in [1.54, 1.807) is 11.3 Å². The van der Waals surface area contributed by atoms with Crippen molar-refractivity contribution in [3.63, 3.8) is 0 Å². The summed E-state index contributed by atoms with van der Waals surface area (Å²) in [5.41, 5.74) is 6.80. The largest absolute Gasteiger partial charge is 0.320 e. The molecule has 0 bridgehead atoms. The predicted molar refractivity (Wildman–Crippen MR) is 71.7 cm³/mol. The Morgan fingerprint density at radius 1 is 1.31 bits per heavy atom. The molecule has 16 heavy (non-hydrogen) atoms. The summed E-state index contributed by atoms with van der Waals surface area (Å²) < 4.78 is 13.9. The molecular weight excluding hydrogens is 313 g/mol. The minimum Gasteiger partial charge on any atom is -0.320 e. The van der Waals surface area contributed by atoms with Crippen molar-refractivity contribution in [2.75, 3.05) is 0 Å². The summed E-state index contributed by atoms with van der Waals surface area (Å²) >= 11 is 4.83. The number of halogens is 3. The van der Waals surface area contributed by atoms with Gasteiger partial charge in [0.25, 0.3) is 0 Å². The van der Waals surface area contributed by atoms with E-state index in [0.717, 1.165) is 10.4 Å². The molecule has 0 spiro atoms. The molecule has 2 N–H and O–H groups in total. The average Bonchev–Trinajstić information content (AvgIpc) is 2.67. The van der Waals surface area contributed by atoms with Gasteiger partial charge in [-0.3, -0.25) is 0 Å². The SMILES string of the molecule is Cl.N[C@@H](c1cc(F)cc(Br)c1)c1cccs1. The summed E-state index contributed by atoms with van der Waals surface area (Å²) in [6.45, 7) is 0. The van der Waals surface area contributed by atoms with Crippen LogP contribution in [0.1, 0.15) is 16.5 Å². The highest BCUT2D eigenvalue weighted by Gasteiger charge is 2.11. The second kappa shape index (κ2) is 5.77. The van der Waals surface area contributed by atoms with E-state index < -0.39 is 0 Å². The first kappa shape index (κ1) is 13.6. The van der Waals surface area contributed by atoms with Crippen LogP contribution in [-0.4, -0.2) is 0 Å². The maximum absolute atomic E-state index is 13.1. The Morgan fingerprint density at radius 3 is 2.62 bits per heavy atom. The Morgan fingerprint density at radius 2 is 2.06 bits per heavy atom. The van der Waals surface area contributed by atoms with Gasteiger partial charge in [-0.15, -0.1) is 23.7 Å². The van der Waals surface area contributed by atoms with E-state index in [4.69, 9.17) is 5.73 Å². The van der Waals surface area contributed by atoms with Crippen LogP contribution in [0.2, 0.25) is 0 Å². The lowest BCUT2D eigenvalue weighted by Crippen LogP contribution is -2.10. The highest BCUT2D eigenvalue weighted by atomic mass is 79.9. The van der Waals surface area contributed by atoms with Gasteiger partial charge < -0.3 is 5.73 Å². The third-order valence-corrected chi connectivity index (χ3v) is 3.51. The number of benzene rings is 1. The molecule has 2 aromatic rings. The molecule has 0 saturated carbocycles.